The van der Waals surface area contributed by atoms with Crippen LogP contribution in [0.25, 0.3) is 16.9 Å². The molecule has 1 amide bonds. The van der Waals surface area contributed by atoms with Gasteiger partial charge in [-0.1, -0.05) is 18.2 Å². The fourth-order valence-corrected chi connectivity index (χ4v) is 2.30. The van der Waals surface area contributed by atoms with E-state index in [1.54, 1.807) is 0 Å². The van der Waals surface area contributed by atoms with Crippen LogP contribution in [0.3, 0.4) is 0 Å². The third-order valence-corrected chi connectivity index (χ3v) is 3.55. The van der Waals surface area contributed by atoms with Crippen molar-refractivity contribution in [3.05, 3.63) is 59.4 Å². The molecule has 2 N–H and O–H groups in total. The summed E-state index contributed by atoms with van der Waals surface area (Å²) in [5, 5.41) is 0. The second-order valence-electron chi connectivity index (χ2n) is 4.90. The smallest absolute Gasteiger partial charge is 0.269 e. The summed E-state index contributed by atoms with van der Waals surface area (Å²) in [6.45, 7) is 4.13. The van der Waals surface area contributed by atoms with Gasteiger partial charge in [-0.2, -0.15) is 0 Å². The summed E-state index contributed by atoms with van der Waals surface area (Å²) in [5.41, 5.74) is 9.84. The molecule has 2 heterocycles. The number of hydrogen-bond donors (Lipinski definition) is 1. The Kier molecular flexibility index (Phi) is 2.79. The van der Waals surface area contributed by atoms with Crippen molar-refractivity contribution in [2.45, 2.75) is 13.8 Å². The number of primary amides is 1. The molecule has 100 valence electrons. The van der Waals surface area contributed by atoms with Crippen LogP contribution in [0.4, 0.5) is 0 Å². The van der Waals surface area contributed by atoms with Gasteiger partial charge < -0.3 is 5.73 Å². The Hall–Kier alpha value is -2.62. The predicted molar refractivity (Wildman–Crippen MR) is 78.6 cm³/mol. The van der Waals surface area contributed by atoms with E-state index in [1.807, 2.05) is 34.9 Å². The third-order valence-electron chi connectivity index (χ3n) is 3.55. The number of benzene rings is 1. The molecule has 0 unspecified atom stereocenters. The fourth-order valence-electron chi connectivity index (χ4n) is 2.30. The van der Waals surface area contributed by atoms with Crippen LogP contribution in [0.15, 0.2) is 42.6 Å². The maximum absolute atomic E-state index is 11.5. The first kappa shape index (κ1) is 12.4. The summed E-state index contributed by atoms with van der Waals surface area (Å²) >= 11 is 0. The van der Waals surface area contributed by atoms with Crippen LogP contribution < -0.4 is 5.73 Å². The first-order valence-electron chi connectivity index (χ1n) is 6.42. The molecule has 0 fully saturated rings. The highest BCUT2D eigenvalue weighted by Gasteiger charge is 2.15. The third kappa shape index (κ3) is 1.86. The standard InChI is InChI=1S/C16H15N3O/c1-10-6-7-12(9-11(10)2)16-18-14(15(17)20)13-5-3-4-8-19(13)16/h3-9H,1-2H3,(H2,17,20). The molecule has 0 saturated heterocycles. The minimum absolute atomic E-state index is 0.304. The minimum Gasteiger partial charge on any atom is -0.364 e. The van der Waals surface area contributed by atoms with E-state index in [2.05, 4.69) is 31.0 Å². The molecule has 0 atom stereocenters. The number of carbonyl (C=O) groups excluding carboxylic acids is 1. The molecule has 0 bridgehead atoms. The van der Waals surface area contributed by atoms with Gasteiger partial charge in [0.15, 0.2) is 5.69 Å². The maximum Gasteiger partial charge on any atom is 0.269 e. The van der Waals surface area contributed by atoms with E-state index in [0.717, 1.165) is 16.9 Å². The van der Waals surface area contributed by atoms with Crippen LogP contribution in [0.5, 0.6) is 0 Å². The van der Waals surface area contributed by atoms with E-state index in [-0.39, 0.29) is 0 Å². The quantitative estimate of drug-likeness (QED) is 0.774. The lowest BCUT2D eigenvalue weighted by Gasteiger charge is -2.04. The van der Waals surface area contributed by atoms with Crippen molar-refractivity contribution < 1.29 is 4.79 Å². The van der Waals surface area contributed by atoms with Gasteiger partial charge in [0.05, 0.1) is 5.52 Å². The molecule has 0 saturated carbocycles. The zero-order valence-corrected chi connectivity index (χ0v) is 11.4. The van der Waals surface area contributed by atoms with Crippen molar-refractivity contribution in [1.29, 1.82) is 0 Å². The van der Waals surface area contributed by atoms with Crippen LogP contribution >= 0.6 is 0 Å². The van der Waals surface area contributed by atoms with Crippen LogP contribution in [0, 0.1) is 13.8 Å². The number of pyridine rings is 1. The number of aromatic nitrogens is 2. The molecule has 20 heavy (non-hydrogen) atoms. The van der Waals surface area contributed by atoms with Gasteiger partial charge in [-0.05, 0) is 43.2 Å². The molecular weight excluding hydrogens is 250 g/mol. The second kappa shape index (κ2) is 4.49. The average Bonchev–Trinajstić information content (AvgIpc) is 2.82. The number of amides is 1. The number of carbonyl (C=O) groups is 1. The lowest BCUT2D eigenvalue weighted by atomic mass is 10.1. The molecular formula is C16H15N3O. The Morgan fingerprint density at radius 3 is 2.65 bits per heavy atom. The van der Waals surface area contributed by atoms with Crippen LogP contribution in [-0.2, 0) is 0 Å². The number of nitrogens with two attached hydrogens (primary N) is 1. The van der Waals surface area contributed by atoms with E-state index < -0.39 is 5.91 Å². The molecule has 0 radical (unpaired) electrons. The Morgan fingerprint density at radius 2 is 1.95 bits per heavy atom. The van der Waals surface area contributed by atoms with Gasteiger partial charge in [-0.25, -0.2) is 4.98 Å². The van der Waals surface area contributed by atoms with Gasteiger partial charge in [0, 0.05) is 11.8 Å². The van der Waals surface area contributed by atoms with Gasteiger partial charge in [0.2, 0.25) is 0 Å². The van der Waals surface area contributed by atoms with E-state index in [0.29, 0.717) is 5.69 Å². The Balaban J connectivity index is 2.31. The molecule has 1 aromatic carbocycles. The van der Waals surface area contributed by atoms with Crippen LogP contribution in [0.1, 0.15) is 21.6 Å². The van der Waals surface area contributed by atoms with Gasteiger partial charge in [-0.3, -0.25) is 9.20 Å². The molecule has 4 nitrogen and oxygen atoms in total. The largest absolute Gasteiger partial charge is 0.364 e. The molecule has 2 aromatic heterocycles. The Morgan fingerprint density at radius 1 is 1.15 bits per heavy atom. The normalized spacial score (nSPS) is 10.9. The van der Waals surface area contributed by atoms with E-state index in [9.17, 15) is 4.79 Å². The topological polar surface area (TPSA) is 60.4 Å². The highest BCUT2D eigenvalue weighted by atomic mass is 16.1. The zero-order valence-electron chi connectivity index (χ0n) is 11.4. The number of fused-ring (bicyclic) bond motifs is 1. The van der Waals surface area contributed by atoms with Gasteiger partial charge in [0.1, 0.15) is 5.82 Å². The molecule has 0 aliphatic carbocycles. The Bertz CT molecular complexity index is 818. The number of rotatable bonds is 2. The summed E-state index contributed by atoms with van der Waals surface area (Å²) in [4.78, 5) is 15.9. The highest BCUT2D eigenvalue weighted by molar-refractivity contribution is 5.98. The maximum atomic E-state index is 11.5. The van der Waals surface area contributed by atoms with Crippen molar-refractivity contribution in [3.8, 4) is 11.4 Å². The van der Waals surface area contributed by atoms with Gasteiger partial charge in [0.25, 0.3) is 5.91 Å². The predicted octanol–water partition coefficient (Wildman–Crippen LogP) is 2.72. The molecule has 3 rings (SSSR count). The van der Waals surface area contributed by atoms with Crippen molar-refractivity contribution in [2.75, 3.05) is 0 Å². The summed E-state index contributed by atoms with van der Waals surface area (Å²) in [7, 11) is 0. The number of nitrogens with zero attached hydrogens (tertiary/aromatic N) is 2. The van der Waals surface area contributed by atoms with Gasteiger partial charge in [-0.15, -0.1) is 0 Å². The molecule has 0 spiro atoms. The van der Waals surface area contributed by atoms with Crippen LogP contribution in [0.2, 0.25) is 0 Å². The fraction of sp³-hybridized carbons (Fsp3) is 0.125. The minimum atomic E-state index is -0.510. The lowest BCUT2D eigenvalue weighted by molar-refractivity contribution is 0.0997. The highest BCUT2D eigenvalue weighted by Crippen LogP contribution is 2.24. The van der Waals surface area contributed by atoms with Crippen LogP contribution in [-0.4, -0.2) is 15.3 Å². The Labute approximate surface area is 116 Å². The van der Waals surface area contributed by atoms with E-state index >= 15 is 0 Å². The summed E-state index contributed by atoms with van der Waals surface area (Å²) < 4.78 is 1.89. The molecule has 4 heteroatoms. The summed E-state index contributed by atoms with van der Waals surface area (Å²) in [6.07, 6.45) is 1.89. The summed E-state index contributed by atoms with van der Waals surface area (Å²) in [6, 6.07) is 11.8. The first-order valence-corrected chi connectivity index (χ1v) is 6.42. The monoisotopic (exact) mass is 265 g/mol. The average molecular weight is 265 g/mol. The van der Waals surface area contributed by atoms with Crippen molar-refractivity contribution >= 4 is 11.4 Å². The molecule has 0 aliphatic heterocycles. The lowest BCUT2D eigenvalue weighted by Crippen LogP contribution is -2.11. The number of aryl methyl sites for hydroxylation is 2. The number of hydrogen-bond acceptors (Lipinski definition) is 2. The van der Waals surface area contributed by atoms with Crippen molar-refractivity contribution in [1.82, 2.24) is 9.38 Å². The first-order chi connectivity index (χ1) is 9.58. The SMILES string of the molecule is Cc1ccc(-c2nc(C(N)=O)c3ccccn23)cc1C. The van der Waals surface area contributed by atoms with Crippen molar-refractivity contribution in [3.63, 3.8) is 0 Å². The van der Waals surface area contributed by atoms with Crippen molar-refractivity contribution in [2.24, 2.45) is 5.73 Å². The molecule has 3 aromatic rings. The number of imidazole rings is 1. The summed E-state index contributed by atoms with van der Waals surface area (Å²) in [5.74, 6) is 0.223. The zero-order chi connectivity index (χ0) is 14.3. The van der Waals surface area contributed by atoms with Gasteiger partial charge >= 0.3 is 0 Å². The molecule has 0 aliphatic rings. The van der Waals surface area contributed by atoms with E-state index in [4.69, 9.17) is 5.73 Å². The second-order valence-corrected chi connectivity index (χ2v) is 4.90. The van der Waals surface area contributed by atoms with E-state index in [1.165, 1.54) is 11.1 Å².